The molecule has 4 heteroatoms. The second-order valence-electron chi connectivity index (χ2n) is 8.51. The molecule has 4 nitrogen and oxygen atoms in total. The summed E-state index contributed by atoms with van der Waals surface area (Å²) in [6, 6.07) is 3.25. The van der Waals surface area contributed by atoms with Crippen LogP contribution in [0, 0.1) is 11.3 Å². The number of carbonyl (C=O) groups is 2. The van der Waals surface area contributed by atoms with Gasteiger partial charge < -0.3 is 10.2 Å². The van der Waals surface area contributed by atoms with Gasteiger partial charge in [0.25, 0.3) is 0 Å². The number of carbonyl (C=O) groups excluding carboxylic acids is 2. The molecular formula is C20H26O4. The zero-order valence-corrected chi connectivity index (χ0v) is 15.0. The van der Waals surface area contributed by atoms with Gasteiger partial charge in [0.05, 0.1) is 5.41 Å². The summed E-state index contributed by atoms with van der Waals surface area (Å²) in [6.07, 6.45) is -0.110. The van der Waals surface area contributed by atoms with Crippen molar-refractivity contribution in [2.45, 2.75) is 64.9 Å². The average molecular weight is 330 g/mol. The number of benzene rings is 1. The van der Waals surface area contributed by atoms with Crippen molar-refractivity contribution in [3.8, 4) is 5.75 Å². The molecule has 0 bridgehead atoms. The van der Waals surface area contributed by atoms with Crippen LogP contribution in [0.3, 0.4) is 0 Å². The third kappa shape index (κ3) is 2.08. The van der Waals surface area contributed by atoms with E-state index in [0.717, 1.165) is 0 Å². The number of phenolic OH excluding ortho intramolecular Hbond substituents is 1. The molecule has 0 amide bonds. The van der Waals surface area contributed by atoms with Crippen LogP contribution in [0.1, 0.15) is 74.9 Å². The summed E-state index contributed by atoms with van der Waals surface area (Å²) >= 11 is 0. The monoisotopic (exact) mass is 330 g/mol. The van der Waals surface area contributed by atoms with Crippen LogP contribution >= 0.6 is 0 Å². The van der Waals surface area contributed by atoms with Gasteiger partial charge in [0.1, 0.15) is 17.6 Å². The van der Waals surface area contributed by atoms with E-state index in [2.05, 4.69) is 0 Å². The number of aliphatic hydroxyl groups excluding tert-OH is 1. The van der Waals surface area contributed by atoms with Gasteiger partial charge in [-0.3, -0.25) is 9.59 Å². The predicted octanol–water partition coefficient (Wildman–Crippen LogP) is 3.34. The Morgan fingerprint density at radius 1 is 1.17 bits per heavy atom. The first kappa shape index (κ1) is 17.2. The molecule has 1 saturated carbocycles. The van der Waals surface area contributed by atoms with Crippen LogP contribution in [0.4, 0.5) is 0 Å². The van der Waals surface area contributed by atoms with Crippen molar-refractivity contribution < 1.29 is 19.8 Å². The molecule has 0 radical (unpaired) electrons. The normalized spacial score (nSPS) is 31.8. The quantitative estimate of drug-likeness (QED) is 0.828. The molecular weight excluding hydrogens is 304 g/mol. The van der Waals surface area contributed by atoms with Gasteiger partial charge in [-0.05, 0) is 47.9 Å². The predicted molar refractivity (Wildman–Crippen MR) is 91.4 cm³/mol. The molecule has 2 aliphatic carbocycles. The van der Waals surface area contributed by atoms with Crippen molar-refractivity contribution in [1.29, 1.82) is 0 Å². The summed E-state index contributed by atoms with van der Waals surface area (Å²) in [7, 11) is 0. The Morgan fingerprint density at radius 2 is 1.79 bits per heavy atom. The number of ketones is 2. The van der Waals surface area contributed by atoms with Crippen LogP contribution in [0.2, 0.25) is 0 Å². The van der Waals surface area contributed by atoms with Crippen molar-refractivity contribution in [2.75, 3.05) is 0 Å². The molecule has 0 aliphatic heterocycles. The summed E-state index contributed by atoms with van der Waals surface area (Å²) in [5, 5.41) is 21.2. The molecule has 3 rings (SSSR count). The Balaban J connectivity index is 2.32. The molecule has 2 aliphatic rings. The second kappa shape index (κ2) is 5.16. The lowest BCUT2D eigenvalue weighted by Gasteiger charge is -2.54. The fourth-order valence-corrected chi connectivity index (χ4v) is 4.88. The van der Waals surface area contributed by atoms with E-state index in [-0.39, 0.29) is 28.6 Å². The molecule has 0 aromatic heterocycles. The molecule has 2 N–H and O–H groups in total. The van der Waals surface area contributed by atoms with Gasteiger partial charge in [-0.2, -0.15) is 0 Å². The minimum Gasteiger partial charge on any atom is -0.508 e. The molecule has 130 valence electrons. The van der Waals surface area contributed by atoms with Crippen molar-refractivity contribution in [2.24, 2.45) is 11.3 Å². The maximum atomic E-state index is 12.9. The average Bonchev–Trinajstić information content (AvgIpc) is 2.48. The number of hydrogen-bond acceptors (Lipinski definition) is 4. The highest BCUT2D eigenvalue weighted by molar-refractivity contribution is 6.07. The lowest BCUT2D eigenvalue weighted by molar-refractivity contribution is -0.138. The molecule has 1 aromatic carbocycles. The summed E-state index contributed by atoms with van der Waals surface area (Å²) in [5.41, 5.74) is 0.342. The van der Waals surface area contributed by atoms with Crippen LogP contribution < -0.4 is 0 Å². The standard InChI is InChI=1S/C20H26O4/c1-10(2)11-8-12-13(9-14(11)21)20(5)15(22)6-7-19(3,4)18(20)17(24)16(12)23/h8-10,17-18,21,24H,6-7H2,1-5H3/t17-,18+,20+/m1/s1. The van der Waals surface area contributed by atoms with E-state index >= 15 is 0 Å². The lowest BCUT2D eigenvalue weighted by Crippen LogP contribution is -2.60. The minimum absolute atomic E-state index is 0.0383. The molecule has 0 unspecified atom stereocenters. The van der Waals surface area contributed by atoms with Crippen LogP contribution in [-0.2, 0) is 10.2 Å². The largest absolute Gasteiger partial charge is 0.508 e. The van der Waals surface area contributed by atoms with Crippen LogP contribution in [0.25, 0.3) is 0 Å². The highest BCUT2D eigenvalue weighted by Crippen LogP contribution is 2.56. The molecule has 1 aromatic rings. The number of fused-ring (bicyclic) bond motifs is 3. The molecule has 1 fully saturated rings. The van der Waals surface area contributed by atoms with Gasteiger partial charge in [-0.1, -0.05) is 27.7 Å². The van der Waals surface area contributed by atoms with Gasteiger partial charge in [-0.15, -0.1) is 0 Å². The van der Waals surface area contributed by atoms with E-state index in [1.807, 2.05) is 34.6 Å². The number of aromatic hydroxyl groups is 1. The number of hydrogen-bond donors (Lipinski definition) is 2. The summed E-state index contributed by atoms with van der Waals surface area (Å²) < 4.78 is 0. The van der Waals surface area contributed by atoms with Gasteiger partial charge in [0, 0.05) is 17.9 Å². The van der Waals surface area contributed by atoms with Crippen molar-refractivity contribution in [1.82, 2.24) is 0 Å². The number of rotatable bonds is 1. The minimum atomic E-state index is -1.19. The maximum Gasteiger partial charge on any atom is 0.191 e. The zero-order valence-electron chi connectivity index (χ0n) is 15.0. The molecule has 0 saturated heterocycles. The van der Waals surface area contributed by atoms with Gasteiger partial charge in [0.2, 0.25) is 0 Å². The fourth-order valence-electron chi connectivity index (χ4n) is 4.88. The Hall–Kier alpha value is -1.68. The van der Waals surface area contributed by atoms with E-state index in [4.69, 9.17) is 0 Å². The Morgan fingerprint density at radius 3 is 2.38 bits per heavy atom. The molecule has 3 atom stereocenters. The second-order valence-corrected chi connectivity index (χ2v) is 8.51. The van der Waals surface area contributed by atoms with E-state index in [1.165, 1.54) is 0 Å². The Kier molecular flexibility index (Phi) is 3.69. The molecule has 0 heterocycles. The van der Waals surface area contributed by atoms with Crippen LogP contribution in [-0.4, -0.2) is 27.9 Å². The third-order valence-electron chi connectivity index (χ3n) is 6.24. The lowest BCUT2D eigenvalue weighted by atomic mass is 9.48. The summed E-state index contributed by atoms with van der Waals surface area (Å²) in [6.45, 7) is 9.71. The Bertz CT molecular complexity index is 731. The molecule has 0 spiro atoms. The van der Waals surface area contributed by atoms with Crippen LogP contribution in [0.15, 0.2) is 12.1 Å². The van der Waals surface area contributed by atoms with Crippen molar-refractivity contribution in [3.05, 3.63) is 28.8 Å². The first-order chi connectivity index (χ1) is 11.0. The Labute approximate surface area is 142 Å². The first-order valence-corrected chi connectivity index (χ1v) is 8.64. The van der Waals surface area contributed by atoms with E-state index < -0.39 is 17.4 Å². The zero-order chi connectivity index (χ0) is 18.0. The number of aliphatic hydroxyl groups is 1. The topological polar surface area (TPSA) is 74.6 Å². The van der Waals surface area contributed by atoms with Crippen molar-refractivity contribution in [3.63, 3.8) is 0 Å². The smallest absolute Gasteiger partial charge is 0.191 e. The first-order valence-electron chi connectivity index (χ1n) is 8.64. The highest BCUT2D eigenvalue weighted by Gasteiger charge is 2.60. The summed E-state index contributed by atoms with van der Waals surface area (Å²) in [5.74, 6) is -0.614. The third-order valence-corrected chi connectivity index (χ3v) is 6.24. The highest BCUT2D eigenvalue weighted by atomic mass is 16.3. The van der Waals surface area contributed by atoms with Gasteiger partial charge in [-0.25, -0.2) is 0 Å². The van der Waals surface area contributed by atoms with E-state index in [0.29, 0.717) is 29.5 Å². The number of Topliss-reactive ketones (excluding diaryl/α,β-unsaturated/α-hetero) is 2. The number of phenols is 1. The SMILES string of the molecule is CC(C)c1cc2c(cc1O)[C@@]1(C)C(=O)CCC(C)(C)[C@@H]1[C@H](O)C2=O. The van der Waals surface area contributed by atoms with Crippen LogP contribution in [0.5, 0.6) is 5.75 Å². The fraction of sp³-hybridized carbons (Fsp3) is 0.600. The van der Waals surface area contributed by atoms with E-state index in [9.17, 15) is 19.8 Å². The molecule has 24 heavy (non-hydrogen) atoms. The summed E-state index contributed by atoms with van der Waals surface area (Å²) in [4.78, 5) is 25.7. The van der Waals surface area contributed by atoms with Crippen molar-refractivity contribution >= 4 is 11.6 Å². The van der Waals surface area contributed by atoms with E-state index in [1.54, 1.807) is 12.1 Å². The maximum absolute atomic E-state index is 12.9. The van der Waals surface area contributed by atoms with Gasteiger partial charge in [0.15, 0.2) is 5.78 Å². The van der Waals surface area contributed by atoms with Gasteiger partial charge >= 0.3 is 0 Å².